The Hall–Kier alpha value is -3.04. The molecule has 0 amide bonds. The lowest BCUT2D eigenvalue weighted by molar-refractivity contribution is -0.146. The van der Waals surface area contributed by atoms with Gasteiger partial charge in [-0.2, -0.15) is 17.7 Å². The molecule has 1 aliphatic rings. The standard InChI is InChI=1S/C17H16F3N5O2/c18-17(19,20)16-22-21-14-5-6-15(23-25(14)16)24-9-7-11(8-10-24)27-13-4-2-1-3-12(13)26/h1-6,11,26H,7-10H2. The van der Waals surface area contributed by atoms with Crippen molar-refractivity contribution < 1.29 is 23.0 Å². The van der Waals surface area contributed by atoms with Crippen LogP contribution >= 0.6 is 0 Å². The molecule has 3 heterocycles. The van der Waals surface area contributed by atoms with E-state index >= 15 is 0 Å². The van der Waals surface area contributed by atoms with Crippen LogP contribution in [0.5, 0.6) is 11.5 Å². The fraction of sp³-hybridized carbons (Fsp3) is 0.353. The van der Waals surface area contributed by atoms with E-state index in [1.165, 1.54) is 6.07 Å². The monoisotopic (exact) mass is 379 g/mol. The molecule has 10 heteroatoms. The number of phenolic OH excluding ortho intramolecular Hbond substituents is 1. The van der Waals surface area contributed by atoms with Gasteiger partial charge in [0.05, 0.1) is 0 Å². The number of piperidine rings is 1. The minimum Gasteiger partial charge on any atom is -0.504 e. The third kappa shape index (κ3) is 3.46. The number of benzene rings is 1. The lowest BCUT2D eigenvalue weighted by Gasteiger charge is -2.32. The van der Waals surface area contributed by atoms with Gasteiger partial charge in [-0.25, -0.2) is 0 Å². The molecule has 4 rings (SSSR count). The predicted octanol–water partition coefficient (Wildman–Crippen LogP) is 2.90. The number of aromatic hydroxyl groups is 1. The molecule has 1 aromatic carbocycles. The molecule has 1 N–H and O–H groups in total. The van der Waals surface area contributed by atoms with Crippen molar-refractivity contribution in [2.45, 2.75) is 25.1 Å². The Kier molecular flexibility index (Phi) is 4.25. The Balaban J connectivity index is 1.47. The highest BCUT2D eigenvalue weighted by atomic mass is 19.4. The molecule has 1 saturated heterocycles. The van der Waals surface area contributed by atoms with Crippen molar-refractivity contribution in [1.29, 1.82) is 0 Å². The SMILES string of the molecule is Oc1ccccc1OC1CCN(c2ccc3nnc(C(F)(F)F)n3n2)CC1. The summed E-state index contributed by atoms with van der Waals surface area (Å²) in [6.07, 6.45) is -3.40. The van der Waals surface area contributed by atoms with Crippen molar-refractivity contribution in [3.05, 3.63) is 42.2 Å². The van der Waals surface area contributed by atoms with E-state index in [0.29, 0.717) is 37.5 Å². The summed E-state index contributed by atoms with van der Waals surface area (Å²) in [7, 11) is 0. The van der Waals surface area contributed by atoms with Crippen molar-refractivity contribution in [3.8, 4) is 11.5 Å². The maximum Gasteiger partial charge on any atom is 0.453 e. The maximum atomic E-state index is 13.0. The lowest BCUT2D eigenvalue weighted by atomic mass is 10.1. The van der Waals surface area contributed by atoms with Gasteiger partial charge < -0.3 is 14.7 Å². The van der Waals surface area contributed by atoms with Gasteiger partial charge >= 0.3 is 6.18 Å². The highest BCUT2D eigenvalue weighted by Gasteiger charge is 2.38. The molecule has 1 aliphatic heterocycles. The van der Waals surface area contributed by atoms with Crippen LogP contribution in [0.4, 0.5) is 19.0 Å². The summed E-state index contributed by atoms with van der Waals surface area (Å²) >= 11 is 0. The molecular weight excluding hydrogens is 363 g/mol. The number of fused-ring (bicyclic) bond motifs is 1. The van der Waals surface area contributed by atoms with Gasteiger partial charge in [-0.3, -0.25) is 0 Å². The molecule has 142 valence electrons. The van der Waals surface area contributed by atoms with E-state index in [2.05, 4.69) is 15.3 Å². The molecule has 0 aliphatic carbocycles. The molecule has 27 heavy (non-hydrogen) atoms. The zero-order valence-corrected chi connectivity index (χ0v) is 14.1. The van der Waals surface area contributed by atoms with Crippen molar-refractivity contribution >= 4 is 11.5 Å². The van der Waals surface area contributed by atoms with E-state index in [1.54, 1.807) is 30.3 Å². The number of aromatic nitrogens is 4. The number of alkyl halides is 3. The number of para-hydroxylation sites is 2. The Morgan fingerprint density at radius 1 is 1.04 bits per heavy atom. The lowest BCUT2D eigenvalue weighted by Crippen LogP contribution is -2.39. The van der Waals surface area contributed by atoms with Gasteiger partial charge in [-0.1, -0.05) is 12.1 Å². The van der Waals surface area contributed by atoms with E-state index in [1.807, 2.05) is 4.90 Å². The summed E-state index contributed by atoms with van der Waals surface area (Å²) in [5.41, 5.74) is 0.0452. The molecule has 1 fully saturated rings. The predicted molar refractivity (Wildman–Crippen MR) is 89.8 cm³/mol. The first-order chi connectivity index (χ1) is 12.9. The average Bonchev–Trinajstić information content (AvgIpc) is 3.08. The van der Waals surface area contributed by atoms with Crippen LogP contribution in [0.1, 0.15) is 18.7 Å². The number of hydrogen-bond donors (Lipinski definition) is 1. The molecule has 7 nitrogen and oxygen atoms in total. The van der Waals surface area contributed by atoms with Crippen molar-refractivity contribution in [2.24, 2.45) is 0 Å². The zero-order chi connectivity index (χ0) is 19.0. The van der Waals surface area contributed by atoms with Gasteiger partial charge in [0.25, 0.3) is 5.82 Å². The smallest absolute Gasteiger partial charge is 0.453 e. The summed E-state index contributed by atoms with van der Waals surface area (Å²) in [5, 5.41) is 20.5. The van der Waals surface area contributed by atoms with Crippen LogP contribution in [0.3, 0.4) is 0 Å². The summed E-state index contributed by atoms with van der Waals surface area (Å²) in [6, 6.07) is 9.85. The molecule has 0 saturated carbocycles. The molecule has 0 radical (unpaired) electrons. The van der Waals surface area contributed by atoms with Crippen molar-refractivity contribution in [2.75, 3.05) is 18.0 Å². The maximum absolute atomic E-state index is 13.0. The third-order valence-corrected chi connectivity index (χ3v) is 4.43. The second-order valence-electron chi connectivity index (χ2n) is 6.25. The highest BCUT2D eigenvalue weighted by molar-refractivity contribution is 5.46. The summed E-state index contributed by atoms with van der Waals surface area (Å²) in [6.45, 7) is 1.14. The Labute approximate surface area is 152 Å². The van der Waals surface area contributed by atoms with Crippen LogP contribution in [0.2, 0.25) is 0 Å². The highest BCUT2D eigenvalue weighted by Crippen LogP contribution is 2.30. The normalized spacial score (nSPS) is 16.0. The summed E-state index contributed by atoms with van der Waals surface area (Å²) in [5.74, 6) is -0.208. The first-order valence-electron chi connectivity index (χ1n) is 8.41. The minimum absolute atomic E-state index is 0.0452. The van der Waals surface area contributed by atoms with Crippen LogP contribution in [0.15, 0.2) is 36.4 Å². The largest absolute Gasteiger partial charge is 0.504 e. The van der Waals surface area contributed by atoms with E-state index in [9.17, 15) is 18.3 Å². The number of nitrogens with zero attached hydrogens (tertiary/aromatic N) is 5. The Morgan fingerprint density at radius 3 is 2.48 bits per heavy atom. The van der Waals surface area contributed by atoms with Gasteiger partial charge in [0, 0.05) is 25.9 Å². The topological polar surface area (TPSA) is 75.8 Å². The number of ether oxygens (including phenoxy) is 1. The van der Waals surface area contributed by atoms with Gasteiger partial charge in [0.2, 0.25) is 0 Å². The van der Waals surface area contributed by atoms with E-state index < -0.39 is 12.0 Å². The van der Waals surface area contributed by atoms with Crippen LogP contribution in [-0.2, 0) is 6.18 Å². The van der Waals surface area contributed by atoms with Crippen LogP contribution in [-0.4, -0.2) is 44.1 Å². The average molecular weight is 379 g/mol. The number of phenols is 1. The van der Waals surface area contributed by atoms with Gasteiger partial charge in [-0.15, -0.1) is 15.3 Å². The second-order valence-corrected chi connectivity index (χ2v) is 6.25. The van der Waals surface area contributed by atoms with Gasteiger partial charge in [0.1, 0.15) is 11.9 Å². The first-order valence-corrected chi connectivity index (χ1v) is 8.41. The zero-order valence-electron chi connectivity index (χ0n) is 14.1. The minimum atomic E-state index is -4.62. The Morgan fingerprint density at radius 2 is 1.78 bits per heavy atom. The second kappa shape index (κ2) is 6.60. The quantitative estimate of drug-likeness (QED) is 0.754. The number of hydrogen-bond acceptors (Lipinski definition) is 6. The molecule has 0 atom stereocenters. The van der Waals surface area contributed by atoms with E-state index in [-0.39, 0.29) is 17.5 Å². The van der Waals surface area contributed by atoms with Crippen molar-refractivity contribution in [1.82, 2.24) is 19.8 Å². The molecular formula is C17H16F3N5O2. The van der Waals surface area contributed by atoms with Gasteiger partial charge in [0.15, 0.2) is 17.1 Å². The van der Waals surface area contributed by atoms with Crippen molar-refractivity contribution in [3.63, 3.8) is 0 Å². The van der Waals surface area contributed by atoms with Crippen LogP contribution < -0.4 is 9.64 Å². The molecule has 2 aromatic heterocycles. The van der Waals surface area contributed by atoms with Crippen LogP contribution in [0, 0.1) is 0 Å². The number of anilines is 1. The fourth-order valence-corrected chi connectivity index (χ4v) is 3.06. The summed E-state index contributed by atoms with van der Waals surface area (Å²) in [4.78, 5) is 1.89. The van der Waals surface area contributed by atoms with Gasteiger partial charge in [-0.05, 0) is 24.3 Å². The third-order valence-electron chi connectivity index (χ3n) is 4.43. The molecule has 0 bridgehead atoms. The fourth-order valence-electron chi connectivity index (χ4n) is 3.06. The molecule has 3 aromatic rings. The number of halogens is 3. The molecule has 0 unspecified atom stereocenters. The van der Waals surface area contributed by atoms with E-state index in [0.717, 1.165) is 4.52 Å². The first kappa shape index (κ1) is 17.4. The number of rotatable bonds is 3. The van der Waals surface area contributed by atoms with Crippen LogP contribution in [0.25, 0.3) is 5.65 Å². The van der Waals surface area contributed by atoms with E-state index in [4.69, 9.17) is 4.74 Å². The Bertz CT molecular complexity index is 951. The summed E-state index contributed by atoms with van der Waals surface area (Å²) < 4.78 is 45.5. The molecule has 0 spiro atoms.